The van der Waals surface area contributed by atoms with Crippen molar-refractivity contribution < 1.29 is 44.2 Å². The third-order valence-electron chi connectivity index (χ3n) is 10.8. The summed E-state index contributed by atoms with van der Waals surface area (Å²) in [5.74, 6) is -0.308. The molecule has 9 nitrogen and oxygen atoms in total. The minimum atomic E-state index is -1.53. The first kappa shape index (κ1) is 50.2. The van der Waals surface area contributed by atoms with Gasteiger partial charge in [-0.3, -0.25) is 4.79 Å². The molecule has 1 aliphatic rings. The summed E-state index contributed by atoms with van der Waals surface area (Å²) in [7, 11) is 0. The lowest BCUT2D eigenvalue weighted by Gasteiger charge is -2.39. The first-order chi connectivity index (χ1) is 25.9. The van der Waals surface area contributed by atoms with Gasteiger partial charge in [0.15, 0.2) is 6.29 Å². The first-order valence-corrected chi connectivity index (χ1v) is 22.6. The van der Waals surface area contributed by atoms with Gasteiger partial charge in [0.25, 0.3) is 0 Å². The molecule has 1 rings (SSSR count). The number of hydrogen-bond donors (Lipinski definition) is 4. The van der Waals surface area contributed by atoms with Crippen molar-refractivity contribution in [1.29, 1.82) is 0 Å². The second-order valence-corrected chi connectivity index (χ2v) is 15.9. The quantitative estimate of drug-likeness (QED) is 0.0357. The third-order valence-corrected chi connectivity index (χ3v) is 10.8. The molecule has 9 heteroatoms. The van der Waals surface area contributed by atoms with Crippen molar-refractivity contribution in [3.05, 3.63) is 0 Å². The van der Waals surface area contributed by atoms with Crippen molar-refractivity contribution in [2.45, 2.75) is 250 Å². The Morgan fingerprint density at radius 3 is 1.34 bits per heavy atom. The van der Waals surface area contributed by atoms with Crippen LogP contribution >= 0.6 is 0 Å². The van der Waals surface area contributed by atoms with Gasteiger partial charge in [-0.05, 0) is 12.8 Å². The third kappa shape index (κ3) is 28.3. The monoisotopic (exact) mass is 759 g/mol. The number of hydrogen-bond acceptors (Lipinski definition) is 9. The molecular weight excluding hydrogens is 672 g/mol. The molecule has 0 amide bonds. The van der Waals surface area contributed by atoms with Crippen LogP contribution in [0.15, 0.2) is 0 Å². The predicted octanol–water partition coefficient (Wildman–Crippen LogP) is 9.86. The number of ether oxygens (including phenoxy) is 4. The molecule has 0 spiro atoms. The molecule has 6 atom stereocenters. The van der Waals surface area contributed by atoms with Crippen LogP contribution in [-0.2, 0) is 23.7 Å². The summed E-state index contributed by atoms with van der Waals surface area (Å²) < 4.78 is 22.8. The Labute approximate surface area is 325 Å². The maximum absolute atomic E-state index is 12.7. The van der Waals surface area contributed by atoms with E-state index in [1.807, 2.05) is 0 Å². The summed E-state index contributed by atoms with van der Waals surface area (Å²) in [5, 5.41) is 40.1. The lowest BCUT2D eigenvalue weighted by Crippen LogP contribution is -2.59. The van der Waals surface area contributed by atoms with Crippen LogP contribution in [0.4, 0.5) is 0 Å². The van der Waals surface area contributed by atoms with Crippen LogP contribution in [0.5, 0.6) is 0 Å². The van der Waals surface area contributed by atoms with Crippen molar-refractivity contribution in [3.8, 4) is 0 Å². The smallest absolute Gasteiger partial charge is 0.306 e. The SMILES string of the molecule is CCCCCCCCCCCCCCCCCCCOCC(COC1OC(CO)C(O)C(O)C1O)OC(=O)CCCCCCCCCCCCCCC. The summed E-state index contributed by atoms with van der Waals surface area (Å²) in [4.78, 5) is 12.7. The molecule has 6 unspecified atom stereocenters. The zero-order valence-electron chi connectivity index (χ0n) is 34.5. The molecule has 1 fully saturated rings. The minimum absolute atomic E-state index is 0.105. The molecule has 1 heterocycles. The Morgan fingerprint density at radius 1 is 0.528 bits per heavy atom. The molecule has 0 radical (unpaired) electrons. The molecule has 0 aromatic heterocycles. The standard InChI is InChI=1S/C44H86O9/c1-3-5-7-9-11-13-15-17-18-19-20-22-24-26-28-30-32-34-50-36-38(37-51-44-43(49)42(48)41(47)39(35-45)53-44)52-40(46)33-31-29-27-25-23-21-16-14-12-10-8-6-4-2/h38-39,41-45,47-49H,3-37H2,1-2H3. The van der Waals surface area contributed by atoms with E-state index in [1.54, 1.807) is 0 Å². The van der Waals surface area contributed by atoms with Crippen LogP contribution in [0.3, 0.4) is 0 Å². The molecule has 1 saturated heterocycles. The summed E-state index contributed by atoms with van der Waals surface area (Å²) in [6.07, 6.45) is 31.2. The lowest BCUT2D eigenvalue weighted by molar-refractivity contribution is -0.305. The summed E-state index contributed by atoms with van der Waals surface area (Å²) in [5.41, 5.74) is 0. The largest absolute Gasteiger partial charge is 0.457 e. The highest BCUT2D eigenvalue weighted by molar-refractivity contribution is 5.69. The fourth-order valence-corrected chi connectivity index (χ4v) is 7.20. The van der Waals surface area contributed by atoms with Crippen molar-refractivity contribution in [3.63, 3.8) is 0 Å². The highest BCUT2D eigenvalue weighted by Crippen LogP contribution is 2.23. The van der Waals surface area contributed by atoms with Gasteiger partial charge in [-0.15, -0.1) is 0 Å². The Morgan fingerprint density at radius 2 is 0.925 bits per heavy atom. The second kappa shape index (κ2) is 36.8. The highest BCUT2D eigenvalue weighted by atomic mass is 16.7. The van der Waals surface area contributed by atoms with Crippen LogP contribution in [0.2, 0.25) is 0 Å². The van der Waals surface area contributed by atoms with Crippen molar-refractivity contribution >= 4 is 5.97 Å². The highest BCUT2D eigenvalue weighted by Gasteiger charge is 2.44. The number of carbonyl (C=O) groups excluding carboxylic acids is 1. The van der Waals surface area contributed by atoms with Crippen LogP contribution in [0, 0.1) is 0 Å². The Balaban J connectivity index is 2.24. The number of carbonyl (C=O) groups is 1. The second-order valence-electron chi connectivity index (χ2n) is 15.9. The molecule has 0 aromatic rings. The van der Waals surface area contributed by atoms with Gasteiger partial charge in [-0.1, -0.05) is 194 Å². The number of rotatable bonds is 39. The molecule has 4 N–H and O–H groups in total. The maximum Gasteiger partial charge on any atom is 0.306 e. The molecule has 0 saturated carbocycles. The predicted molar refractivity (Wildman–Crippen MR) is 215 cm³/mol. The Hall–Kier alpha value is -0.810. The van der Waals surface area contributed by atoms with E-state index in [4.69, 9.17) is 18.9 Å². The molecule has 0 aromatic carbocycles. The van der Waals surface area contributed by atoms with E-state index in [1.165, 1.54) is 161 Å². The van der Waals surface area contributed by atoms with Gasteiger partial charge in [-0.25, -0.2) is 0 Å². The van der Waals surface area contributed by atoms with E-state index in [-0.39, 0.29) is 19.2 Å². The van der Waals surface area contributed by atoms with Crippen molar-refractivity contribution in [2.75, 3.05) is 26.4 Å². The molecule has 53 heavy (non-hydrogen) atoms. The van der Waals surface area contributed by atoms with Gasteiger partial charge in [0.05, 0.1) is 19.8 Å². The summed E-state index contributed by atoms with van der Waals surface area (Å²) in [6, 6.07) is 0. The molecular formula is C44H86O9. The number of esters is 1. The van der Waals surface area contributed by atoms with Crippen molar-refractivity contribution in [1.82, 2.24) is 0 Å². The van der Waals surface area contributed by atoms with Gasteiger partial charge in [0.2, 0.25) is 0 Å². The van der Waals surface area contributed by atoms with E-state index in [0.29, 0.717) is 13.0 Å². The average molecular weight is 759 g/mol. The maximum atomic E-state index is 12.7. The van der Waals surface area contributed by atoms with Crippen LogP contribution < -0.4 is 0 Å². The molecule has 316 valence electrons. The zero-order chi connectivity index (χ0) is 38.6. The Bertz CT molecular complexity index is 782. The van der Waals surface area contributed by atoms with E-state index in [9.17, 15) is 25.2 Å². The normalized spacial score (nSPS) is 20.9. The first-order valence-electron chi connectivity index (χ1n) is 22.6. The fourth-order valence-electron chi connectivity index (χ4n) is 7.20. The van der Waals surface area contributed by atoms with E-state index in [0.717, 1.165) is 32.1 Å². The lowest BCUT2D eigenvalue weighted by atomic mass is 9.99. The topological polar surface area (TPSA) is 135 Å². The summed E-state index contributed by atoms with van der Waals surface area (Å²) in [6.45, 7) is 4.60. The van der Waals surface area contributed by atoms with Gasteiger partial charge >= 0.3 is 5.97 Å². The average Bonchev–Trinajstić information content (AvgIpc) is 3.16. The van der Waals surface area contributed by atoms with E-state index < -0.39 is 43.4 Å². The molecule has 0 aliphatic carbocycles. The van der Waals surface area contributed by atoms with Gasteiger partial charge in [-0.2, -0.15) is 0 Å². The number of aliphatic hydroxyl groups excluding tert-OH is 4. The van der Waals surface area contributed by atoms with Gasteiger partial charge < -0.3 is 39.4 Å². The number of unbranched alkanes of at least 4 members (excludes halogenated alkanes) is 28. The van der Waals surface area contributed by atoms with E-state index >= 15 is 0 Å². The van der Waals surface area contributed by atoms with Gasteiger partial charge in [0, 0.05) is 13.0 Å². The van der Waals surface area contributed by atoms with Crippen LogP contribution in [-0.4, -0.2) is 89.6 Å². The number of aliphatic hydroxyl groups is 4. The van der Waals surface area contributed by atoms with Crippen molar-refractivity contribution in [2.24, 2.45) is 0 Å². The van der Waals surface area contributed by atoms with Crippen LogP contribution in [0.25, 0.3) is 0 Å². The van der Waals surface area contributed by atoms with Gasteiger partial charge in [0.1, 0.15) is 30.5 Å². The van der Waals surface area contributed by atoms with E-state index in [2.05, 4.69) is 13.8 Å². The van der Waals surface area contributed by atoms with Crippen LogP contribution in [0.1, 0.15) is 213 Å². The zero-order valence-corrected chi connectivity index (χ0v) is 34.5. The fraction of sp³-hybridized carbons (Fsp3) is 0.977. The molecule has 0 bridgehead atoms. The summed E-state index contributed by atoms with van der Waals surface area (Å²) >= 11 is 0. The molecule has 1 aliphatic heterocycles. The minimum Gasteiger partial charge on any atom is -0.457 e. The Kier molecular flexibility index (Phi) is 34.9.